The van der Waals surface area contributed by atoms with Crippen molar-refractivity contribution in [1.82, 2.24) is 10.2 Å². The fourth-order valence-electron chi connectivity index (χ4n) is 2.22. The average Bonchev–Trinajstić information content (AvgIpc) is 3.21. The highest BCUT2D eigenvalue weighted by Gasteiger charge is 2.35. The second-order valence-electron chi connectivity index (χ2n) is 4.96. The van der Waals surface area contributed by atoms with Gasteiger partial charge in [-0.3, -0.25) is 9.59 Å². The Bertz CT molecular complexity index is 325. The van der Waals surface area contributed by atoms with Crippen LogP contribution in [0.2, 0.25) is 0 Å². The van der Waals surface area contributed by atoms with Crippen molar-refractivity contribution in [3.8, 4) is 0 Å². The molecule has 1 aliphatic heterocycles. The van der Waals surface area contributed by atoms with Crippen molar-refractivity contribution in [2.24, 2.45) is 0 Å². The largest absolute Gasteiger partial charge is 0.465 e. The molecule has 2 fully saturated rings. The van der Waals surface area contributed by atoms with Gasteiger partial charge in [-0.05, 0) is 19.8 Å². The molecular weight excluding hydrogens is 248 g/mol. The second kappa shape index (κ2) is 6.86. The van der Waals surface area contributed by atoms with E-state index < -0.39 is 0 Å². The first-order valence-corrected chi connectivity index (χ1v) is 6.98. The van der Waals surface area contributed by atoms with Gasteiger partial charge < -0.3 is 19.7 Å². The monoisotopic (exact) mass is 270 g/mol. The summed E-state index contributed by atoms with van der Waals surface area (Å²) in [6, 6.07) is 0.216. The molecule has 0 aromatic heterocycles. The highest BCUT2D eigenvalue weighted by atomic mass is 16.5. The van der Waals surface area contributed by atoms with E-state index in [0.29, 0.717) is 26.2 Å². The highest BCUT2D eigenvalue weighted by molar-refractivity contribution is 5.83. The Labute approximate surface area is 113 Å². The second-order valence-corrected chi connectivity index (χ2v) is 4.96. The predicted octanol–water partition coefficient (Wildman–Crippen LogP) is -0.0810. The molecule has 19 heavy (non-hydrogen) atoms. The first-order valence-electron chi connectivity index (χ1n) is 6.98. The lowest BCUT2D eigenvalue weighted by Gasteiger charge is -2.27. The van der Waals surface area contributed by atoms with Crippen LogP contribution in [0.15, 0.2) is 0 Å². The molecule has 108 valence electrons. The molecule has 0 aromatic carbocycles. The number of hydrogen-bond acceptors (Lipinski definition) is 5. The predicted molar refractivity (Wildman–Crippen MR) is 68.6 cm³/mol. The van der Waals surface area contributed by atoms with Gasteiger partial charge >= 0.3 is 5.97 Å². The van der Waals surface area contributed by atoms with Crippen LogP contribution < -0.4 is 5.32 Å². The zero-order chi connectivity index (χ0) is 13.7. The molecule has 6 heteroatoms. The molecule has 1 saturated carbocycles. The number of nitrogens with zero attached hydrogens (tertiary/aromatic N) is 1. The van der Waals surface area contributed by atoms with Crippen LogP contribution in [-0.4, -0.2) is 61.8 Å². The van der Waals surface area contributed by atoms with Gasteiger partial charge in [0.1, 0.15) is 6.54 Å². The van der Waals surface area contributed by atoms with Gasteiger partial charge in [-0.1, -0.05) is 0 Å². The minimum atomic E-state index is -0.328. The summed E-state index contributed by atoms with van der Waals surface area (Å²) in [5.41, 5.74) is 0. The van der Waals surface area contributed by atoms with Gasteiger partial charge in [-0.25, -0.2) is 0 Å². The molecule has 2 aliphatic rings. The van der Waals surface area contributed by atoms with Crippen LogP contribution in [0.25, 0.3) is 0 Å². The molecule has 1 atom stereocenters. The maximum Gasteiger partial charge on any atom is 0.325 e. The third-order valence-corrected chi connectivity index (χ3v) is 3.32. The lowest BCUT2D eigenvalue weighted by molar-refractivity contribution is -0.150. The van der Waals surface area contributed by atoms with Crippen LogP contribution in [0.1, 0.15) is 26.2 Å². The van der Waals surface area contributed by atoms with E-state index in [1.54, 1.807) is 11.8 Å². The third kappa shape index (κ3) is 4.47. The van der Waals surface area contributed by atoms with Crippen molar-refractivity contribution >= 4 is 11.9 Å². The minimum absolute atomic E-state index is 0.00995. The highest BCUT2D eigenvalue weighted by Crippen LogP contribution is 2.27. The molecule has 0 aromatic rings. The van der Waals surface area contributed by atoms with Crippen LogP contribution in [0, 0.1) is 0 Å². The number of amides is 1. The van der Waals surface area contributed by atoms with Gasteiger partial charge in [-0.2, -0.15) is 0 Å². The first kappa shape index (κ1) is 14.3. The van der Waals surface area contributed by atoms with Crippen molar-refractivity contribution in [1.29, 1.82) is 0 Å². The standard InChI is InChI=1S/C13H22N2O4/c1-2-18-13(17)9-15(10-3-4-10)12(16)7-11-8-14-5-6-19-11/h10-11,14H,2-9H2,1H3. The molecule has 6 nitrogen and oxygen atoms in total. The first-order chi connectivity index (χ1) is 9.20. The van der Waals surface area contributed by atoms with Gasteiger partial charge in [0.15, 0.2) is 0 Å². The van der Waals surface area contributed by atoms with Gasteiger partial charge in [-0.15, -0.1) is 0 Å². The molecular formula is C13H22N2O4. The summed E-state index contributed by atoms with van der Waals surface area (Å²) < 4.78 is 10.4. The smallest absolute Gasteiger partial charge is 0.325 e. The number of nitrogens with one attached hydrogen (secondary N) is 1. The normalized spacial score (nSPS) is 22.9. The Hall–Kier alpha value is -1.14. The van der Waals surface area contributed by atoms with Crippen molar-refractivity contribution in [3.63, 3.8) is 0 Å². The fourth-order valence-corrected chi connectivity index (χ4v) is 2.22. The lowest BCUT2D eigenvalue weighted by atomic mass is 10.2. The summed E-state index contributed by atoms with van der Waals surface area (Å²) in [5, 5.41) is 3.20. The number of carbonyl (C=O) groups is 2. The number of morpholine rings is 1. The Morgan fingerprint density at radius 2 is 2.21 bits per heavy atom. The van der Waals surface area contributed by atoms with Crippen LogP contribution in [0.5, 0.6) is 0 Å². The van der Waals surface area contributed by atoms with Crippen molar-refractivity contribution in [3.05, 3.63) is 0 Å². The number of rotatable bonds is 6. The van der Waals surface area contributed by atoms with E-state index >= 15 is 0 Å². The summed E-state index contributed by atoms with van der Waals surface area (Å²) in [6.07, 6.45) is 2.22. The summed E-state index contributed by atoms with van der Waals surface area (Å²) in [6.45, 7) is 4.35. The number of hydrogen-bond donors (Lipinski definition) is 1. The SMILES string of the molecule is CCOC(=O)CN(C(=O)CC1CNCCO1)C1CC1. The van der Waals surface area contributed by atoms with Gasteiger partial charge in [0.05, 0.1) is 25.7 Å². The molecule has 1 unspecified atom stereocenters. The zero-order valence-electron chi connectivity index (χ0n) is 11.4. The van der Waals surface area contributed by atoms with E-state index in [2.05, 4.69) is 5.32 Å². The maximum absolute atomic E-state index is 12.2. The molecule has 1 saturated heterocycles. The minimum Gasteiger partial charge on any atom is -0.465 e. The Morgan fingerprint density at radius 1 is 1.42 bits per heavy atom. The molecule has 1 amide bonds. The molecule has 0 spiro atoms. The van der Waals surface area contributed by atoms with Gasteiger partial charge in [0.25, 0.3) is 0 Å². The Kier molecular flexibility index (Phi) is 5.15. The van der Waals surface area contributed by atoms with Crippen molar-refractivity contribution < 1.29 is 19.1 Å². The van der Waals surface area contributed by atoms with E-state index in [9.17, 15) is 9.59 Å². The van der Waals surface area contributed by atoms with Gasteiger partial charge in [0, 0.05) is 19.1 Å². The summed E-state index contributed by atoms with van der Waals surface area (Å²) in [7, 11) is 0. The van der Waals surface area contributed by atoms with Crippen molar-refractivity contribution in [2.45, 2.75) is 38.3 Å². The average molecular weight is 270 g/mol. The van der Waals surface area contributed by atoms with Crippen LogP contribution in [0.3, 0.4) is 0 Å². The summed E-state index contributed by atoms with van der Waals surface area (Å²) >= 11 is 0. The lowest BCUT2D eigenvalue weighted by Crippen LogP contribution is -2.44. The van der Waals surface area contributed by atoms with E-state index in [0.717, 1.165) is 19.4 Å². The van der Waals surface area contributed by atoms with E-state index in [1.165, 1.54) is 0 Å². The van der Waals surface area contributed by atoms with E-state index in [1.807, 2.05) is 0 Å². The fraction of sp³-hybridized carbons (Fsp3) is 0.846. The third-order valence-electron chi connectivity index (χ3n) is 3.32. The molecule has 1 aliphatic carbocycles. The van der Waals surface area contributed by atoms with Crippen LogP contribution in [-0.2, 0) is 19.1 Å². The van der Waals surface area contributed by atoms with E-state index in [4.69, 9.17) is 9.47 Å². The topological polar surface area (TPSA) is 67.9 Å². The van der Waals surface area contributed by atoms with Gasteiger partial charge in [0.2, 0.25) is 5.91 Å². The molecule has 1 N–H and O–H groups in total. The Balaban J connectivity index is 1.83. The van der Waals surface area contributed by atoms with Crippen LogP contribution in [0.4, 0.5) is 0 Å². The quantitative estimate of drug-likeness (QED) is 0.684. The Morgan fingerprint density at radius 3 is 2.79 bits per heavy atom. The van der Waals surface area contributed by atoms with Crippen LogP contribution >= 0.6 is 0 Å². The zero-order valence-corrected chi connectivity index (χ0v) is 11.4. The molecule has 0 bridgehead atoms. The summed E-state index contributed by atoms with van der Waals surface area (Å²) in [5.74, 6) is -0.338. The molecule has 2 rings (SSSR count). The maximum atomic E-state index is 12.2. The van der Waals surface area contributed by atoms with E-state index in [-0.39, 0.29) is 30.6 Å². The molecule has 0 radical (unpaired) electrons. The summed E-state index contributed by atoms with van der Waals surface area (Å²) in [4.78, 5) is 25.4. The number of carbonyl (C=O) groups excluding carboxylic acids is 2. The van der Waals surface area contributed by atoms with Crippen molar-refractivity contribution in [2.75, 3.05) is 32.8 Å². The number of esters is 1. The number of ether oxygens (including phenoxy) is 2. The molecule has 1 heterocycles.